The molecule has 4 nitrogen and oxygen atoms in total. The molecule has 5 heteroatoms. The molecule has 1 saturated carbocycles. The minimum absolute atomic E-state index is 0.291. The molecule has 1 aliphatic rings. The fourth-order valence-electron chi connectivity index (χ4n) is 2.47. The molecule has 2 rings (SSSR count). The highest BCUT2D eigenvalue weighted by atomic mass is 32.1. The zero-order chi connectivity index (χ0) is 15.2. The van der Waals surface area contributed by atoms with E-state index >= 15 is 0 Å². The molecule has 1 fully saturated rings. The lowest BCUT2D eigenvalue weighted by Crippen LogP contribution is -2.05. The fourth-order valence-corrected chi connectivity index (χ4v) is 3.59. The van der Waals surface area contributed by atoms with Crippen molar-refractivity contribution in [2.75, 3.05) is 24.2 Å². The highest BCUT2D eigenvalue weighted by Crippen LogP contribution is 2.50. The van der Waals surface area contributed by atoms with E-state index in [1.54, 1.807) is 0 Å². The number of ether oxygens (including phenoxy) is 1. The maximum atomic E-state index is 12.0. The summed E-state index contributed by atoms with van der Waals surface area (Å²) < 4.78 is 5.10. The first-order valence-corrected chi connectivity index (χ1v) is 8.83. The van der Waals surface area contributed by atoms with Crippen LogP contribution >= 0.6 is 11.3 Å². The molecule has 1 aromatic rings. The molecule has 0 unspecified atom stereocenters. The molecular weight excluding hydrogens is 284 g/mol. The molecule has 118 valence electrons. The van der Waals surface area contributed by atoms with E-state index in [2.05, 4.69) is 12.2 Å². The van der Waals surface area contributed by atoms with Crippen LogP contribution in [0.1, 0.15) is 73.5 Å². The third kappa shape index (κ3) is 4.13. The standard InChI is InChI=1S/C16H26N2O2S/c1-3-5-6-7-10-18-15-12(11-8-9-11)13(17)14(21-15)16(19)20-4-2/h11,18H,3-10,17H2,1-2H3. The van der Waals surface area contributed by atoms with E-state index in [9.17, 15) is 4.79 Å². The second-order valence-electron chi connectivity index (χ2n) is 5.57. The number of carbonyl (C=O) groups excluding carboxylic acids is 1. The lowest BCUT2D eigenvalue weighted by atomic mass is 10.1. The number of anilines is 2. The Morgan fingerprint density at radius 3 is 2.71 bits per heavy atom. The first kappa shape index (κ1) is 16.1. The van der Waals surface area contributed by atoms with Crippen LogP contribution in [-0.2, 0) is 4.74 Å². The van der Waals surface area contributed by atoms with Crippen molar-refractivity contribution in [1.82, 2.24) is 0 Å². The number of hydrogen-bond donors (Lipinski definition) is 2. The van der Waals surface area contributed by atoms with Gasteiger partial charge in [0.2, 0.25) is 0 Å². The van der Waals surface area contributed by atoms with Crippen molar-refractivity contribution in [2.45, 2.75) is 58.3 Å². The zero-order valence-corrected chi connectivity index (χ0v) is 13.9. The Bertz CT molecular complexity index is 481. The molecule has 0 spiro atoms. The summed E-state index contributed by atoms with van der Waals surface area (Å²) in [7, 11) is 0. The van der Waals surface area contributed by atoms with Crippen molar-refractivity contribution in [3.05, 3.63) is 10.4 Å². The molecular formula is C16H26N2O2S. The Morgan fingerprint density at radius 1 is 1.33 bits per heavy atom. The van der Waals surface area contributed by atoms with Crippen molar-refractivity contribution in [3.8, 4) is 0 Å². The molecule has 0 bridgehead atoms. The molecule has 21 heavy (non-hydrogen) atoms. The van der Waals surface area contributed by atoms with Gasteiger partial charge in [-0.1, -0.05) is 26.2 Å². The van der Waals surface area contributed by atoms with Crippen molar-refractivity contribution < 1.29 is 9.53 Å². The Hall–Kier alpha value is -1.23. The lowest BCUT2D eigenvalue weighted by molar-refractivity contribution is 0.0533. The van der Waals surface area contributed by atoms with Crippen LogP contribution < -0.4 is 11.1 Å². The average Bonchev–Trinajstić information content (AvgIpc) is 3.23. The quantitative estimate of drug-likeness (QED) is 0.525. The number of thiophene rings is 1. The van der Waals surface area contributed by atoms with Crippen LogP contribution in [0.5, 0.6) is 0 Å². The number of nitrogens with two attached hydrogens (primary N) is 1. The highest BCUT2D eigenvalue weighted by molar-refractivity contribution is 7.18. The fraction of sp³-hybridized carbons (Fsp3) is 0.688. The molecule has 0 saturated heterocycles. The summed E-state index contributed by atoms with van der Waals surface area (Å²) in [6.07, 6.45) is 7.27. The predicted octanol–water partition coefficient (Wildman–Crippen LogP) is 4.38. The third-order valence-corrected chi connectivity index (χ3v) is 4.90. The van der Waals surface area contributed by atoms with Gasteiger partial charge in [0.1, 0.15) is 4.88 Å². The number of rotatable bonds is 9. The molecule has 0 radical (unpaired) electrons. The maximum absolute atomic E-state index is 12.0. The number of esters is 1. The minimum atomic E-state index is -0.291. The van der Waals surface area contributed by atoms with Gasteiger partial charge in [-0.3, -0.25) is 0 Å². The average molecular weight is 310 g/mol. The molecule has 0 aromatic carbocycles. The third-order valence-electron chi connectivity index (χ3n) is 3.75. The van der Waals surface area contributed by atoms with Crippen molar-refractivity contribution >= 4 is 28.0 Å². The molecule has 1 aromatic heterocycles. The van der Waals surface area contributed by atoms with E-state index in [-0.39, 0.29) is 5.97 Å². The molecule has 1 aliphatic carbocycles. The number of unbranched alkanes of at least 4 members (excludes halogenated alkanes) is 3. The van der Waals surface area contributed by atoms with Crippen molar-refractivity contribution in [1.29, 1.82) is 0 Å². The highest BCUT2D eigenvalue weighted by Gasteiger charge is 2.33. The van der Waals surface area contributed by atoms with Gasteiger partial charge in [0.15, 0.2) is 0 Å². The second kappa shape index (κ2) is 7.69. The van der Waals surface area contributed by atoms with E-state index in [4.69, 9.17) is 10.5 Å². The van der Waals surface area contributed by atoms with Crippen LogP contribution in [0.4, 0.5) is 10.7 Å². The van der Waals surface area contributed by atoms with E-state index < -0.39 is 0 Å². The first-order chi connectivity index (χ1) is 10.2. The monoisotopic (exact) mass is 310 g/mol. The van der Waals surface area contributed by atoms with E-state index in [0.717, 1.165) is 23.5 Å². The number of hydrogen-bond acceptors (Lipinski definition) is 5. The van der Waals surface area contributed by atoms with Crippen LogP contribution in [0, 0.1) is 0 Å². The summed E-state index contributed by atoms with van der Waals surface area (Å²) in [4.78, 5) is 12.5. The van der Waals surface area contributed by atoms with Crippen molar-refractivity contribution in [3.63, 3.8) is 0 Å². The molecule has 0 atom stereocenters. The lowest BCUT2D eigenvalue weighted by Gasteiger charge is -2.07. The van der Waals surface area contributed by atoms with Crippen LogP contribution in [-0.4, -0.2) is 19.1 Å². The van der Waals surface area contributed by atoms with E-state index in [1.165, 1.54) is 43.4 Å². The number of nitrogens with one attached hydrogen (secondary N) is 1. The summed E-state index contributed by atoms with van der Waals surface area (Å²) in [6.45, 7) is 5.36. The molecule has 3 N–H and O–H groups in total. The largest absolute Gasteiger partial charge is 0.462 e. The molecule has 0 aliphatic heterocycles. The Kier molecular flexibility index (Phi) is 5.91. The number of carbonyl (C=O) groups is 1. The smallest absolute Gasteiger partial charge is 0.350 e. The normalized spacial score (nSPS) is 14.2. The topological polar surface area (TPSA) is 64.3 Å². The van der Waals surface area contributed by atoms with E-state index in [1.807, 2.05) is 6.92 Å². The van der Waals surface area contributed by atoms with Crippen LogP contribution in [0.25, 0.3) is 0 Å². The van der Waals surface area contributed by atoms with Crippen LogP contribution in [0.2, 0.25) is 0 Å². The van der Waals surface area contributed by atoms with Gasteiger partial charge in [0, 0.05) is 12.1 Å². The Labute approximate surface area is 131 Å². The van der Waals surface area contributed by atoms with Gasteiger partial charge in [-0.15, -0.1) is 11.3 Å². The van der Waals surface area contributed by atoms with E-state index in [0.29, 0.717) is 23.1 Å². The minimum Gasteiger partial charge on any atom is -0.462 e. The van der Waals surface area contributed by atoms with Gasteiger partial charge in [-0.25, -0.2) is 4.79 Å². The summed E-state index contributed by atoms with van der Waals surface area (Å²) in [5.74, 6) is 0.239. The summed E-state index contributed by atoms with van der Waals surface area (Å²) in [5.41, 5.74) is 7.99. The van der Waals surface area contributed by atoms with Gasteiger partial charge in [-0.2, -0.15) is 0 Å². The van der Waals surface area contributed by atoms with Crippen LogP contribution in [0.3, 0.4) is 0 Å². The van der Waals surface area contributed by atoms with Gasteiger partial charge >= 0.3 is 5.97 Å². The van der Waals surface area contributed by atoms with Gasteiger partial charge < -0.3 is 15.8 Å². The maximum Gasteiger partial charge on any atom is 0.350 e. The summed E-state index contributed by atoms with van der Waals surface area (Å²) in [5, 5.41) is 4.56. The Morgan fingerprint density at radius 2 is 2.10 bits per heavy atom. The predicted molar refractivity (Wildman–Crippen MR) is 89.3 cm³/mol. The second-order valence-corrected chi connectivity index (χ2v) is 6.59. The number of nitrogen functional groups attached to an aromatic ring is 1. The SMILES string of the molecule is CCCCCCNc1sc(C(=O)OCC)c(N)c1C1CC1. The van der Waals surface area contributed by atoms with Gasteiger partial charge in [0.25, 0.3) is 0 Å². The summed E-state index contributed by atoms with van der Waals surface area (Å²) >= 11 is 1.46. The molecule has 0 amide bonds. The van der Waals surface area contributed by atoms with Crippen LogP contribution in [0.15, 0.2) is 0 Å². The molecule has 1 heterocycles. The van der Waals surface area contributed by atoms with Crippen molar-refractivity contribution in [2.24, 2.45) is 0 Å². The summed E-state index contributed by atoms with van der Waals surface area (Å²) in [6, 6.07) is 0. The first-order valence-electron chi connectivity index (χ1n) is 8.02. The van der Waals surface area contributed by atoms with Gasteiger partial charge in [-0.05, 0) is 32.1 Å². The Balaban J connectivity index is 2.04. The van der Waals surface area contributed by atoms with Gasteiger partial charge in [0.05, 0.1) is 17.3 Å². The zero-order valence-electron chi connectivity index (χ0n) is 13.0.